The number of fused-ring (bicyclic) bond motifs is 9. The van der Waals surface area contributed by atoms with Crippen molar-refractivity contribution >= 4 is 60.7 Å². The Morgan fingerprint density at radius 3 is 1.91 bits per heavy atom. The van der Waals surface area contributed by atoms with Crippen LogP contribution in [0.25, 0.3) is 88.9 Å². The zero-order valence-electron chi connectivity index (χ0n) is 31.6. The molecule has 0 saturated carbocycles. The van der Waals surface area contributed by atoms with Crippen LogP contribution in [0, 0.1) is 0 Å². The lowest BCUT2D eigenvalue weighted by atomic mass is 9.99. The molecule has 0 atom stereocenters. The molecule has 10 aromatic rings. The van der Waals surface area contributed by atoms with E-state index < -0.39 is 0 Å². The summed E-state index contributed by atoms with van der Waals surface area (Å²) in [4.78, 5) is 12.4. The van der Waals surface area contributed by atoms with E-state index in [4.69, 9.17) is 14.4 Å². The summed E-state index contributed by atoms with van der Waals surface area (Å²) in [6, 6.07) is 59.2. The van der Waals surface area contributed by atoms with Gasteiger partial charge in [0.25, 0.3) is 0 Å². The maximum atomic E-state index is 7.12. The van der Waals surface area contributed by atoms with E-state index in [-0.39, 0.29) is 0 Å². The fourth-order valence-electron chi connectivity index (χ4n) is 8.45. The molecule has 7 aromatic carbocycles. The zero-order chi connectivity index (χ0) is 38.6. The molecule has 0 fully saturated rings. The van der Waals surface area contributed by atoms with Gasteiger partial charge >= 0.3 is 0 Å². The molecule has 0 radical (unpaired) electrons. The van der Waals surface area contributed by atoms with E-state index in [9.17, 15) is 0 Å². The van der Waals surface area contributed by atoms with E-state index in [1.807, 2.05) is 36.4 Å². The van der Waals surface area contributed by atoms with Crippen molar-refractivity contribution in [1.29, 1.82) is 0 Å². The number of furan rings is 1. The predicted molar refractivity (Wildman–Crippen MR) is 241 cm³/mol. The molecule has 0 saturated heterocycles. The molecule has 11 rings (SSSR count). The first-order valence-corrected chi connectivity index (χ1v) is 19.6. The highest BCUT2D eigenvalue weighted by atomic mass is 16.3. The maximum Gasteiger partial charge on any atom is 0.160 e. The number of hydrogen-bond acceptors (Lipinski definition) is 4. The van der Waals surface area contributed by atoms with Crippen molar-refractivity contribution in [3.05, 3.63) is 206 Å². The van der Waals surface area contributed by atoms with Crippen molar-refractivity contribution in [2.75, 3.05) is 11.4 Å². The Kier molecular flexibility index (Phi) is 7.97. The maximum absolute atomic E-state index is 7.12. The quantitative estimate of drug-likeness (QED) is 0.176. The molecule has 5 heteroatoms. The summed E-state index contributed by atoms with van der Waals surface area (Å²) >= 11 is 0. The number of benzene rings is 7. The highest BCUT2D eigenvalue weighted by Crippen LogP contribution is 2.45. The largest absolute Gasteiger partial charge is 0.455 e. The van der Waals surface area contributed by atoms with Crippen LogP contribution in [0.2, 0.25) is 0 Å². The number of hydrogen-bond donors (Lipinski definition) is 0. The van der Waals surface area contributed by atoms with Crippen LogP contribution in [0.3, 0.4) is 0 Å². The molecule has 0 spiro atoms. The normalized spacial score (nSPS) is 14.1. The van der Waals surface area contributed by atoms with Gasteiger partial charge in [-0.1, -0.05) is 140 Å². The van der Waals surface area contributed by atoms with Crippen LogP contribution >= 0.6 is 0 Å². The minimum absolute atomic E-state index is 0.661. The van der Waals surface area contributed by atoms with Crippen molar-refractivity contribution in [1.82, 2.24) is 14.5 Å². The molecule has 58 heavy (non-hydrogen) atoms. The third-order valence-corrected chi connectivity index (χ3v) is 11.2. The van der Waals surface area contributed by atoms with Crippen molar-refractivity contribution in [2.24, 2.45) is 0 Å². The van der Waals surface area contributed by atoms with Crippen molar-refractivity contribution in [2.45, 2.75) is 0 Å². The summed E-state index contributed by atoms with van der Waals surface area (Å²) < 4.78 is 9.45. The molecule has 0 N–H and O–H groups in total. The Morgan fingerprint density at radius 1 is 0.517 bits per heavy atom. The van der Waals surface area contributed by atoms with Gasteiger partial charge < -0.3 is 13.9 Å². The Bertz CT molecular complexity index is 3190. The first-order valence-electron chi connectivity index (χ1n) is 19.6. The predicted octanol–water partition coefficient (Wildman–Crippen LogP) is 13.8. The first-order chi connectivity index (χ1) is 28.7. The van der Waals surface area contributed by atoms with Gasteiger partial charge in [0, 0.05) is 56.3 Å². The van der Waals surface area contributed by atoms with Crippen LogP contribution in [0.5, 0.6) is 0 Å². The summed E-state index contributed by atoms with van der Waals surface area (Å²) in [5.41, 5.74) is 13.8. The van der Waals surface area contributed by atoms with Crippen LogP contribution in [-0.2, 0) is 0 Å². The topological polar surface area (TPSA) is 47.1 Å². The summed E-state index contributed by atoms with van der Waals surface area (Å²) in [5, 5.41) is 4.42. The van der Waals surface area contributed by atoms with Crippen molar-refractivity contribution in [3.63, 3.8) is 0 Å². The molecule has 3 aromatic heterocycles. The molecule has 0 bridgehead atoms. The van der Waals surface area contributed by atoms with Gasteiger partial charge in [-0.3, -0.25) is 0 Å². The fraction of sp³-hybridized carbons (Fsp3) is 0.0189. The Hall–Kier alpha value is -7.76. The van der Waals surface area contributed by atoms with Crippen LogP contribution in [0.4, 0.5) is 11.4 Å². The summed E-state index contributed by atoms with van der Waals surface area (Å²) in [6.07, 6.45) is 8.42. The zero-order valence-corrected chi connectivity index (χ0v) is 31.6. The number of nitrogens with zero attached hydrogens (tertiary/aromatic N) is 4. The molecular weight excluding hydrogens is 709 g/mol. The number of allylic oxidation sites excluding steroid dienone is 4. The molecule has 1 aliphatic heterocycles. The second kappa shape index (κ2) is 13.8. The summed E-state index contributed by atoms with van der Waals surface area (Å²) in [6.45, 7) is 5.26. The molecule has 274 valence electrons. The van der Waals surface area contributed by atoms with E-state index in [2.05, 4.69) is 174 Å². The highest BCUT2D eigenvalue weighted by Gasteiger charge is 2.24. The van der Waals surface area contributed by atoms with Gasteiger partial charge in [-0.25, -0.2) is 9.97 Å². The van der Waals surface area contributed by atoms with E-state index in [1.54, 1.807) is 0 Å². The molecule has 0 aliphatic carbocycles. The number of para-hydroxylation sites is 2. The minimum atomic E-state index is 0.661. The van der Waals surface area contributed by atoms with Crippen LogP contribution < -0.4 is 4.90 Å². The lowest BCUT2D eigenvalue weighted by molar-refractivity contribution is 0.671. The molecule has 5 nitrogen and oxygen atoms in total. The van der Waals surface area contributed by atoms with Gasteiger partial charge in [0.05, 0.1) is 33.5 Å². The fourth-order valence-corrected chi connectivity index (χ4v) is 8.45. The average Bonchev–Trinajstić information content (AvgIpc) is 3.86. The average molecular weight is 745 g/mol. The SMILES string of the molecule is C=C1/C=C\C=C/CN(c2ccc(-c3cc(-c4ccccc4)nc(-c4ccccc4)n3)cc2)c2ccc3c(oc4c3ccc3c4c4ccccc4n3-c3ccccc3)c21. The standard InChI is InChI=1S/C53H36N4O/c1-35-16-6-5-15-33-56(39-27-25-37(26-28-39)45-34-44(36-17-7-2-8-18-36)54-53(55-45)38-19-9-3-10-20-38)47-31-29-41-42-30-32-48-50(52(42)58-51(41)49(35)47)43-23-13-14-24-46(43)57(48)40-21-11-4-12-22-40/h2-32,34H,1,33H2/b15-5-,16-6-. The number of aromatic nitrogens is 3. The van der Waals surface area contributed by atoms with E-state index in [0.29, 0.717) is 12.4 Å². The molecule has 4 heterocycles. The second-order valence-corrected chi connectivity index (χ2v) is 14.6. The first kappa shape index (κ1) is 33.6. The van der Waals surface area contributed by atoms with Crippen LogP contribution in [0.15, 0.2) is 205 Å². The third kappa shape index (κ3) is 5.55. The number of anilines is 2. The van der Waals surface area contributed by atoms with Gasteiger partial charge in [0.1, 0.15) is 11.2 Å². The monoisotopic (exact) mass is 744 g/mol. The molecule has 0 amide bonds. The van der Waals surface area contributed by atoms with Gasteiger partial charge in [-0.2, -0.15) is 0 Å². The summed E-state index contributed by atoms with van der Waals surface area (Å²) in [7, 11) is 0. The van der Waals surface area contributed by atoms with E-state index in [0.717, 1.165) is 100 Å². The van der Waals surface area contributed by atoms with Crippen molar-refractivity contribution < 1.29 is 4.42 Å². The molecule has 0 unspecified atom stereocenters. The Labute approximate surface area is 335 Å². The Balaban J connectivity index is 1.05. The van der Waals surface area contributed by atoms with Gasteiger partial charge in [0.15, 0.2) is 5.82 Å². The van der Waals surface area contributed by atoms with Gasteiger partial charge in [-0.15, -0.1) is 0 Å². The molecule has 1 aliphatic rings. The molecular formula is C53H36N4O. The van der Waals surface area contributed by atoms with Crippen LogP contribution in [0.1, 0.15) is 5.56 Å². The van der Waals surface area contributed by atoms with E-state index in [1.165, 1.54) is 0 Å². The minimum Gasteiger partial charge on any atom is -0.455 e. The lowest BCUT2D eigenvalue weighted by Crippen LogP contribution is -2.18. The van der Waals surface area contributed by atoms with Gasteiger partial charge in [-0.05, 0) is 66.2 Å². The third-order valence-electron chi connectivity index (χ3n) is 11.2. The van der Waals surface area contributed by atoms with E-state index >= 15 is 0 Å². The van der Waals surface area contributed by atoms with Crippen LogP contribution in [-0.4, -0.2) is 21.1 Å². The highest BCUT2D eigenvalue weighted by molar-refractivity contribution is 6.25. The Morgan fingerprint density at radius 2 is 1.16 bits per heavy atom. The number of rotatable bonds is 5. The summed E-state index contributed by atoms with van der Waals surface area (Å²) in [5.74, 6) is 0.697. The smallest absolute Gasteiger partial charge is 0.160 e. The second-order valence-electron chi connectivity index (χ2n) is 14.6. The van der Waals surface area contributed by atoms with Crippen molar-refractivity contribution in [3.8, 4) is 39.6 Å². The lowest BCUT2D eigenvalue weighted by Gasteiger charge is -2.26. The van der Waals surface area contributed by atoms with Gasteiger partial charge in [0.2, 0.25) is 0 Å².